The van der Waals surface area contributed by atoms with E-state index < -0.39 is 0 Å². The number of aromatic nitrogens is 2. The summed E-state index contributed by atoms with van der Waals surface area (Å²) in [7, 11) is 0. The third-order valence-electron chi connectivity index (χ3n) is 6.24. The molecule has 1 aromatic heterocycles. The molecule has 2 saturated heterocycles. The van der Waals surface area contributed by atoms with E-state index in [0.717, 1.165) is 23.8 Å². The number of nitrogens with two attached hydrogens (primary N) is 1. The molecule has 3 fully saturated rings. The van der Waals surface area contributed by atoms with Crippen molar-refractivity contribution in [2.75, 3.05) is 56.9 Å². The lowest BCUT2D eigenvalue weighted by Crippen LogP contribution is -2.51. The van der Waals surface area contributed by atoms with Gasteiger partial charge in [0.1, 0.15) is 24.6 Å². The number of amides is 1. The summed E-state index contributed by atoms with van der Waals surface area (Å²) in [5.74, 6) is 2.88. The van der Waals surface area contributed by atoms with Gasteiger partial charge in [-0.3, -0.25) is 4.79 Å². The summed E-state index contributed by atoms with van der Waals surface area (Å²) >= 11 is 0. The number of nitrogens with one attached hydrogen (secondary N) is 1. The molecule has 3 N–H and O–H groups in total. The van der Waals surface area contributed by atoms with E-state index in [0.29, 0.717) is 24.8 Å². The molecule has 0 radical (unpaired) electrons. The van der Waals surface area contributed by atoms with Crippen molar-refractivity contribution in [2.24, 2.45) is 11.8 Å². The van der Waals surface area contributed by atoms with Gasteiger partial charge in [0.15, 0.2) is 0 Å². The third-order valence-corrected chi connectivity index (χ3v) is 6.24. The summed E-state index contributed by atoms with van der Waals surface area (Å²) < 4.78 is 5.73. The first-order chi connectivity index (χ1) is 13.6. The molecule has 8 nitrogen and oxygen atoms in total. The smallest absolute Gasteiger partial charge is 0.248 e. The lowest BCUT2D eigenvalue weighted by molar-refractivity contribution is -0.149. The molecule has 1 atom stereocenters. The van der Waals surface area contributed by atoms with E-state index in [-0.39, 0.29) is 18.6 Å². The van der Waals surface area contributed by atoms with Gasteiger partial charge >= 0.3 is 0 Å². The molecule has 0 bridgehead atoms. The van der Waals surface area contributed by atoms with Crippen molar-refractivity contribution in [2.45, 2.75) is 38.7 Å². The van der Waals surface area contributed by atoms with Crippen molar-refractivity contribution in [3.8, 4) is 0 Å². The third kappa shape index (κ3) is 4.91. The van der Waals surface area contributed by atoms with Gasteiger partial charge in [-0.1, -0.05) is 0 Å². The van der Waals surface area contributed by atoms with E-state index in [1.165, 1.54) is 51.6 Å². The minimum Gasteiger partial charge on any atom is -0.383 e. The fraction of sp³-hybridized carbons (Fsp3) is 0.750. The zero-order valence-corrected chi connectivity index (χ0v) is 16.8. The number of hydrogen-bond acceptors (Lipinski definition) is 7. The minimum absolute atomic E-state index is 0.0387. The predicted molar refractivity (Wildman–Crippen MR) is 108 cm³/mol. The van der Waals surface area contributed by atoms with Gasteiger partial charge < -0.3 is 25.6 Å². The molecule has 154 valence electrons. The average Bonchev–Trinajstić information content (AvgIpc) is 3.51. The summed E-state index contributed by atoms with van der Waals surface area (Å²) in [6, 6.07) is 0. The first-order valence-corrected chi connectivity index (χ1v) is 10.5. The Kier molecular flexibility index (Phi) is 5.96. The molecule has 8 heteroatoms. The number of carbonyl (C=O) groups excluding carboxylic acids is 1. The Bertz CT molecular complexity index is 687. The predicted octanol–water partition coefficient (Wildman–Crippen LogP) is 1.13. The van der Waals surface area contributed by atoms with Crippen molar-refractivity contribution in [1.82, 2.24) is 19.8 Å². The van der Waals surface area contributed by atoms with Gasteiger partial charge in [0.2, 0.25) is 5.91 Å². The van der Waals surface area contributed by atoms with Crippen LogP contribution in [-0.4, -0.2) is 77.7 Å². The maximum atomic E-state index is 12.3. The number of piperidine rings is 1. The molecule has 1 aliphatic carbocycles. The molecule has 3 aliphatic rings. The molecular formula is C20H32N6O2. The first kappa shape index (κ1) is 19.4. The lowest BCUT2D eigenvalue weighted by Gasteiger charge is -2.38. The normalized spacial score (nSPS) is 24.5. The van der Waals surface area contributed by atoms with E-state index in [4.69, 9.17) is 10.5 Å². The Morgan fingerprint density at radius 3 is 2.68 bits per heavy atom. The van der Waals surface area contributed by atoms with Gasteiger partial charge in [-0.05, 0) is 57.5 Å². The molecule has 0 unspecified atom stereocenters. The van der Waals surface area contributed by atoms with Crippen LogP contribution in [0.25, 0.3) is 0 Å². The molecule has 1 aromatic rings. The monoisotopic (exact) mass is 388 g/mol. The minimum atomic E-state index is -0.0387. The Morgan fingerprint density at radius 2 is 1.93 bits per heavy atom. The Balaban J connectivity index is 1.24. The zero-order chi connectivity index (χ0) is 19.5. The number of carbonyl (C=O) groups is 1. The largest absolute Gasteiger partial charge is 0.383 e. The summed E-state index contributed by atoms with van der Waals surface area (Å²) in [4.78, 5) is 25.2. The summed E-state index contributed by atoms with van der Waals surface area (Å²) in [6.07, 6.45) is 6.64. The maximum Gasteiger partial charge on any atom is 0.248 e. The quantitative estimate of drug-likeness (QED) is 0.723. The fourth-order valence-electron chi connectivity index (χ4n) is 4.16. The van der Waals surface area contributed by atoms with Crippen LogP contribution in [0.2, 0.25) is 0 Å². The van der Waals surface area contributed by atoms with Crippen LogP contribution in [0.5, 0.6) is 0 Å². The standard InChI is InChI=1S/C20H32N6O2/c1-14-19(21)23-13-24-20(14)22-8-17-11-26(18(27)12-28-17)10-16-4-6-25(7-5-16)9-15-2-3-15/h13,15-17H,2-12H2,1H3,(H3,21,22,23,24)/t17-/m0/s1. The van der Waals surface area contributed by atoms with Crippen molar-refractivity contribution < 1.29 is 9.53 Å². The number of anilines is 2. The molecule has 0 spiro atoms. The van der Waals surface area contributed by atoms with Gasteiger partial charge in [0, 0.05) is 31.7 Å². The fourth-order valence-corrected chi connectivity index (χ4v) is 4.16. The maximum absolute atomic E-state index is 12.3. The highest BCUT2D eigenvalue weighted by Gasteiger charge is 2.31. The van der Waals surface area contributed by atoms with E-state index in [1.54, 1.807) is 0 Å². The topological polar surface area (TPSA) is 96.6 Å². The summed E-state index contributed by atoms with van der Waals surface area (Å²) in [6.45, 7) is 7.79. The highest BCUT2D eigenvalue weighted by atomic mass is 16.5. The summed E-state index contributed by atoms with van der Waals surface area (Å²) in [5, 5.41) is 3.29. The van der Waals surface area contributed by atoms with Crippen LogP contribution in [0.15, 0.2) is 6.33 Å². The molecule has 4 rings (SSSR count). The van der Waals surface area contributed by atoms with Crippen LogP contribution in [0.4, 0.5) is 11.6 Å². The van der Waals surface area contributed by atoms with Crippen LogP contribution >= 0.6 is 0 Å². The molecule has 28 heavy (non-hydrogen) atoms. The number of nitrogens with zero attached hydrogens (tertiary/aromatic N) is 4. The second-order valence-corrected chi connectivity index (χ2v) is 8.53. The highest BCUT2D eigenvalue weighted by Crippen LogP contribution is 2.31. The van der Waals surface area contributed by atoms with Crippen LogP contribution < -0.4 is 11.1 Å². The number of likely N-dealkylation sites (tertiary alicyclic amines) is 1. The van der Waals surface area contributed by atoms with E-state index in [2.05, 4.69) is 20.2 Å². The van der Waals surface area contributed by atoms with Crippen LogP contribution in [0.3, 0.4) is 0 Å². The van der Waals surface area contributed by atoms with Gasteiger partial charge in [-0.15, -0.1) is 0 Å². The van der Waals surface area contributed by atoms with Crippen LogP contribution in [-0.2, 0) is 9.53 Å². The molecule has 1 saturated carbocycles. The zero-order valence-electron chi connectivity index (χ0n) is 16.8. The van der Waals surface area contributed by atoms with Crippen LogP contribution in [0.1, 0.15) is 31.2 Å². The molecular weight excluding hydrogens is 356 g/mol. The number of nitrogen functional groups attached to an aromatic ring is 1. The van der Waals surface area contributed by atoms with Gasteiger partial charge in [-0.25, -0.2) is 9.97 Å². The van der Waals surface area contributed by atoms with Crippen molar-refractivity contribution in [3.63, 3.8) is 0 Å². The molecule has 0 aromatic carbocycles. The van der Waals surface area contributed by atoms with Crippen molar-refractivity contribution in [3.05, 3.63) is 11.9 Å². The van der Waals surface area contributed by atoms with E-state index in [1.807, 2.05) is 11.8 Å². The Morgan fingerprint density at radius 1 is 1.18 bits per heavy atom. The van der Waals surface area contributed by atoms with Crippen molar-refractivity contribution in [1.29, 1.82) is 0 Å². The molecule has 1 amide bonds. The lowest BCUT2D eigenvalue weighted by atomic mass is 9.95. The average molecular weight is 389 g/mol. The second kappa shape index (κ2) is 8.61. The van der Waals surface area contributed by atoms with E-state index >= 15 is 0 Å². The number of rotatable bonds is 7. The summed E-state index contributed by atoms with van der Waals surface area (Å²) in [5.41, 5.74) is 6.67. The number of hydrogen-bond donors (Lipinski definition) is 2. The highest BCUT2D eigenvalue weighted by molar-refractivity contribution is 5.78. The van der Waals surface area contributed by atoms with Crippen molar-refractivity contribution >= 4 is 17.5 Å². The SMILES string of the molecule is Cc1c(N)ncnc1NC[C@H]1CN(CC2CCN(CC3CC3)CC2)C(=O)CO1. The number of morpholine rings is 1. The Labute approximate surface area is 166 Å². The van der Waals surface area contributed by atoms with E-state index in [9.17, 15) is 4.79 Å². The second-order valence-electron chi connectivity index (χ2n) is 8.53. The molecule has 3 heterocycles. The first-order valence-electron chi connectivity index (χ1n) is 10.5. The van der Waals surface area contributed by atoms with Gasteiger partial charge in [0.05, 0.1) is 6.10 Å². The van der Waals surface area contributed by atoms with Gasteiger partial charge in [0.25, 0.3) is 0 Å². The Hall–Kier alpha value is -1.93. The van der Waals surface area contributed by atoms with Crippen LogP contribution in [0, 0.1) is 18.8 Å². The number of ether oxygens (including phenoxy) is 1. The molecule has 2 aliphatic heterocycles. The van der Waals surface area contributed by atoms with Gasteiger partial charge in [-0.2, -0.15) is 0 Å².